The van der Waals surface area contributed by atoms with Crippen LogP contribution in [-0.2, 0) is 12.8 Å². The lowest BCUT2D eigenvalue weighted by Gasteiger charge is -2.25. The van der Waals surface area contributed by atoms with Crippen LogP contribution >= 0.6 is 0 Å². The smallest absolute Gasteiger partial charge is 0.0431 e. The van der Waals surface area contributed by atoms with Crippen LogP contribution in [-0.4, -0.2) is 19.6 Å². The Morgan fingerprint density at radius 3 is 2.35 bits per heavy atom. The molecule has 1 aromatic carbocycles. The van der Waals surface area contributed by atoms with Gasteiger partial charge in [-0.25, -0.2) is 0 Å². The first-order valence-electron chi connectivity index (χ1n) is 6.85. The topological polar surface area (TPSA) is 29.3 Å². The molecule has 1 aliphatic rings. The van der Waals surface area contributed by atoms with Gasteiger partial charge in [0.05, 0.1) is 0 Å². The second-order valence-electron chi connectivity index (χ2n) is 4.97. The highest BCUT2D eigenvalue weighted by Gasteiger charge is 2.24. The molecule has 1 heterocycles. The second-order valence-corrected chi connectivity index (χ2v) is 4.97. The number of hydrogen-bond acceptors (Lipinski definition) is 2. The summed E-state index contributed by atoms with van der Waals surface area (Å²) in [6, 6.07) is 6.73. The molecule has 1 saturated heterocycles. The number of benzene rings is 1. The van der Waals surface area contributed by atoms with Crippen molar-refractivity contribution < 1.29 is 0 Å². The van der Waals surface area contributed by atoms with Crippen molar-refractivity contribution in [3.05, 3.63) is 29.3 Å². The van der Waals surface area contributed by atoms with Gasteiger partial charge in [-0.3, -0.25) is 0 Å². The van der Waals surface area contributed by atoms with E-state index < -0.39 is 0 Å². The maximum atomic E-state index is 5.79. The fourth-order valence-electron chi connectivity index (χ4n) is 2.85. The number of nitrogens with zero attached hydrogens (tertiary/aromatic N) is 1. The minimum Gasteiger partial charge on any atom is -0.371 e. The molecule has 0 radical (unpaired) electrons. The number of para-hydroxylation sites is 1. The van der Waals surface area contributed by atoms with Crippen LogP contribution < -0.4 is 10.6 Å². The highest BCUT2D eigenvalue weighted by molar-refractivity contribution is 5.60. The maximum Gasteiger partial charge on any atom is 0.0431 e. The van der Waals surface area contributed by atoms with E-state index in [1.165, 1.54) is 29.8 Å². The Morgan fingerprint density at radius 2 is 1.88 bits per heavy atom. The molecular formula is C15H24N2. The van der Waals surface area contributed by atoms with Crippen molar-refractivity contribution >= 4 is 5.69 Å². The fourth-order valence-corrected chi connectivity index (χ4v) is 2.85. The van der Waals surface area contributed by atoms with Gasteiger partial charge in [0.15, 0.2) is 0 Å². The third-order valence-electron chi connectivity index (χ3n) is 3.90. The van der Waals surface area contributed by atoms with Gasteiger partial charge >= 0.3 is 0 Å². The Labute approximate surface area is 105 Å². The minimum atomic E-state index is 0.685. The van der Waals surface area contributed by atoms with Gasteiger partial charge in [0.25, 0.3) is 0 Å². The molecule has 94 valence electrons. The summed E-state index contributed by atoms with van der Waals surface area (Å²) in [5.74, 6) is 0.685. The molecule has 17 heavy (non-hydrogen) atoms. The molecule has 2 nitrogen and oxygen atoms in total. The van der Waals surface area contributed by atoms with Crippen molar-refractivity contribution in [2.75, 3.05) is 24.5 Å². The number of aryl methyl sites for hydroxylation is 2. The summed E-state index contributed by atoms with van der Waals surface area (Å²) in [5, 5.41) is 0. The Balaban J connectivity index is 2.30. The average molecular weight is 232 g/mol. The van der Waals surface area contributed by atoms with Crippen LogP contribution in [0.15, 0.2) is 18.2 Å². The first kappa shape index (κ1) is 12.4. The van der Waals surface area contributed by atoms with E-state index in [1.807, 2.05) is 0 Å². The van der Waals surface area contributed by atoms with Gasteiger partial charge in [0.2, 0.25) is 0 Å². The lowest BCUT2D eigenvalue weighted by molar-refractivity contribution is 0.602. The van der Waals surface area contributed by atoms with Gasteiger partial charge < -0.3 is 10.6 Å². The zero-order chi connectivity index (χ0) is 12.3. The van der Waals surface area contributed by atoms with E-state index in [-0.39, 0.29) is 0 Å². The highest BCUT2D eigenvalue weighted by atomic mass is 15.2. The SMILES string of the molecule is CCc1cccc(CC)c1N1CCC(CN)C1. The summed E-state index contributed by atoms with van der Waals surface area (Å²) in [6.07, 6.45) is 3.48. The first-order valence-corrected chi connectivity index (χ1v) is 6.85. The Morgan fingerprint density at radius 1 is 1.24 bits per heavy atom. The van der Waals surface area contributed by atoms with Gasteiger partial charge in [0, 0.05) is 18.8 Å². The monoisotopic (exact) mass is 232 g/mol. The van der Waals surface area contributed by atoms with Crippen LogP contribution in [0.25, 0.3) is 0 Å². The Bertz CT molecular complexity index is 351. The van der Waals surface area contributed by atoms with Crippen LogP contribution in [0.5, 0.6) is 0 Å². The van der Waals surface area contributed by atoms with Crippen LogP contribution in [0.2, 0.25) is 0 Å². The largest absolute Gasteiger partial charge is 0.371 e. The van der Waals surface area contributed by atoms with E-state index in [9.17, 15) is 0 Å². The average Bonchev–Trinajstić information content (AvgIpc) is 2.86. The number of hydrogen-bond donors (Lipinski definition) is 1. The van der Waals surface area contributed by atoms with Gasteiger partial charge in [0.1, 0.15) is 0 Å². The molecule has 2 rings (SSSR count). The predicted octanol–water partition coefficient (Wildman–Crippen LogP) is 2.60. The Kier molecular flexibility index (Phi) is 4.06. The summed E-state index contributed by atoms with van der Waals surface area (Å²) in [6.45, 7) is 7.63. The Hall–Kier alpha value is -1.02. The summed E-state index contributed by atoms with van der Waals surface area (Å²) >= 11 is 0. The minimum absolute atomic E-state index is 0.685. The highest BCUT2D eigenvalue weighted by Crippen LogP contribution is 2.31. The van der Waals surface area contributed by atoms with Gasteiger partial charge in [-0.15, -0.1) is 0 Å². The first-order chi connectivity index (χ1) is 8.30. The van der Waals surface area contributed by atoms with E-state index in [0.717, 1.165) is 25.9 Å². The lowest BCUT2D eigenvalue weighted by Crippen LogP contribution is -2.24. The van der Waals surface area contributed by atoms with Crippen molar-refractivity contribution in [2.45, 2.75) is 33.1 Å². The summed E-state index contributed by atoms with van der Waals surface area (Å²) in [5.41, 5.74) is 10.3. The van der Waals surface area contributed by atoms with E-state index in [1.54, 1.807) is 0 Å². The molecule has 2 heteroatoms. The summed E-state index contributed by atoms with van der Waals surface area (Å²) < 4.78 is 0. The molecule has 0 bridgehead atoms. The van der Waals surface area contributed by atoms with Crippen LogP contribution in [0, 0.1) is 5.92 Å². The molecule has 0 aliphatic carbocycles. The third kappa shape index (κ3) is 2.47. The zero-order valence-electron chi connectivity index (χ0n) is 11.1. The quantitative estimate of drug-likeness (QED) is 0.864. The van der Waals surface area contributed by atoms with E-state index >= 15 is 0 Å². The van der Waals surface area contributed by atoms with Crippen LogP contribution in [0.3, 0.4) is 0 Å². The lowest BCUT2D eigenvalue weighted by atomic mass is 10.0. The van der Waals surface area contributed by atoms with Crippen molar-refractivity contribution in [1.82, 2.24) is 0 Å². The van der Waals surface area contributed by atoms with Gasteiger partial charge in [-0.1, -0.05) is 32.0 Å². The van der Waals surface area contributed by atoms with Crippen LogP contribution in [0.1, 0.15) is 31.4 Å². The fraction of sp³-hybridized carbons (Fsp3) is 0.600. The summed E-state index contributed by atoms with van der Waals surface area (Å²) in [4.78, 5) is 2.55. The molecular weight excluding hydrogens is 208 g/mol. The molecule has 0 aromatic heterocycles. The molecule has 0 spiro atoms. The molecule has 0 saturated carbocycles. The third-order valence-corrected chi connectivity index (χ3v) is 3.90. The molecule has 2 N–H and O–H groups in total. The van der Waals surface area contributed by atoms with Gasteiger partial charge in [-0.2, -0.15) is 0 Å². The van der Waals surface area contributed by atoms with Crippen molar-refractivity contribution in [2.24, 2.45) is 11.7 Å². The normalized spacial score (nSPS) is 19.9. The molecule has 1 aliphatic heterocycles. The predicted molar refractivity (Wildman–Crippen MR) is 74.6 cm³/mol. The van der Waals surface area contributed by atoms with E-state index in [2.05, 4.69) is 36.9 Å². The maximum absolute atomic E-state index is 5.79. The molecule has 1 fully saturated rings. The van der Waals surface area contributed by atoms with Crippen molar-refractivity contribution in [3.8, 4) is 0 Å². The van der Waals surface area contributed by atoms with Gasteiger partial charge in [-0.05, 0) is 42.9 Å². The number of anilines is 1. The summed E-state index contributed by atoms with van der Waals surface area (Å²) in [7, 11) is 0. The van der Waals surface area contributed by atoms with E-state index in [0.29, 0.717) is 5.92 Å². The molecule has 0 amide bonds. The number of rotatable bonds is 4. The molecule has 1 aromatic rings. The van der Waals surface area contributed by atoms with Crippen molar-refractivity contribution in [3.63, 3.8) is 0 Å². The molecule has 1 atom stereocenters. The number of nitrogens with two attached hydrogens (primary N) is 1. The standard InChI is InChI=1S/C15H24N2/c1-3-13-6-5-7-14(4-2)15(13)17-9-8-12(10-16)11-17/h5-7,12H,3-4,8-11,16H2,1-2H3. The van der Waals surface area contributed by atoms with Crippen LogP contribution in [0.4, 0.5) is 5.69 Å². The van der Waals surface area contributed by atoms with Crippen molar-refractivity contribution in [1.29, 1.82) is 0 Å². The second kappa shape index (κ2) is 5.54. The zero-order valence-corrected chi connectivity index (χ0v) is 11.1. The molecule has 1 unspecified atom stereocenters. The van der Waals surface area contributed by atoms with E-state index in [4.69, 9.17) is 5.73 Å².